The molecule has 2 aliphatic rings. The Morgan fingerprint density at radius 2 is 1.70 bits per heavy atom. The minimum atomic E-state index is 0. The fourth-order valence-electron chi connectivity index (χ4n) is 3.04. The summed E-state index contributed by atoms with van der Waals surface area (Å²) >= 11 is 0. The Hall–Kier alpha value is -1.95. The van der Waals surface area contributed by atoms with Crippen molar-refractivity contribution >= 4 is 35.6 Å². The van der Waals surface area contributed by atoms with Gasteiger partial charge >= 0.3 is 0 Å². The van der Waals surface area contributed by atoms with Crippen LogP contribution in [0.25, 0.3) is 0 Å². The van der Waals surface area contributed by atoms with Crippen molar-refractivity contribution < 1.29 is 9.59 Å². The van der Waals surface area contributed by atoms with Gasteiger partial charge in [-0.3, -0.25) is 9.59 Å². The molecular weight excluding hydrogens is 316 g/mol. The van der Waals surface area contributed by atoms with E-state index in [0.29, 0.717) is 32.7 Å². The van der Waals surface area contributed by atoms with E-state index < -0.39 is 0 Å². The Labute approximate surface area is 142 Å². The van der Waals surface area contributed by atoms with Crippen LogP contribution in [0.2, 0.25) is 0 Å². The van der Waals surface area contributed by atoms with E-state index in [1.165, 1.54) is 0 Å². The number of para-hydroxylation sites is 2. The van der Waals surface area contributed by atoms with E-state index in [-0.39, 0.29) is 24.2 Å². The van der Waals surface area contributed by atoms with Crippen LogP contribution in [0, 0.1) is 0 Å². The van der Waals surface area contributed by atoms with Crippen molar-refractivity contribution in [1.82, 2.24) is 9.80 Å². The largest absolute Gasteiger partial charge is 0.382 e. The maximum absolute atomic E-state index is 12.5. The third kappa shape index (κ3) is 3.88. The van der Waals surface area contributed by atoms with Crippen LogP contribution in [-0.4, -0.2) is 67.4 Å². The predicted octanol–water partition coefficient (Wildman–Crippen LogP) is 1.03. The number of amides is 2. The van der Waals surface area contributed by atoms with Gasteiger partial charge in [-0.1, -0.05) is 12.1 Å². The summed E-state index contributed by atoms with van der Waals surface area (Å²) in [5.74, 6) is 0.225. The first-order chi connectivity index (χ1) is 10.6. The predicted molar refractivity (Wildman–Crippen MR) is 93.2 cm³/mol. The van der Waals surface area contributed by atoms with Crippen LogP contribution in [0.5, 0.6) is 0 Å². The Bertz CT molecular complexity index is 573. The third-order valence-electron chi connectivity index (χ3n) is 4.35. The van der Waals surface area contributed by atoms with Crippen molar-refractivity contribution in [2.24, 2.45) is 0 Å². The van der Waals surface area contributed by atoms with E-state index in [9.17, 15) is 9.59 Å². The summed E-state index contributed by atoms with van der Waals surface area (Å²) in [4.78, 5) is 29.6. The second-order valence-electron chi connectivity index (χ2n) is 5.75. The highest BCUT2D eigenvalue weighted by atomic mass is 35.5. The van der Waals surface area contributed by atoms with Gasteiger partial charge in [-0.2, -0.15) is 0 Å². The van der Waals surface area contributed by atoms with Crippen LogP contribution in [0.15, 0.2) is 24.3 Å². The Kier molecular flexibility index (Phi) is 5.71. The zero-order valence-electron chi connectivity index (χ0n) is 13.3. The molecule has 0 unspecified atom stereocenters. The molecule has 0 bridgehead atoms. The number of nitrogens with zero attached hydrogens (tertiary/aromatic N) is 3. The molecule has 1 aromatic carbocycles. The zero-order chi connectivity index (χ0) is 15.5. The smallest absolute Gasteiger partial charge is 0.242 e. The Morgan fingerprint density at radius 1 is 1.04 bits per heavy atom. The zero-order valence-corrected chi connectivity index (χ0v) is 14.1. The Morgan fingerprint density at radius 3 is 2.39 bits per heavy atom. The van der Waals surface area contributed by atoms with E-state index in [0.717, 1.165) is 24.5 Å². The Balaban J connectivity index is 0.00000192. The van der Waals surface area contributed by atoms with Crippen LogP contribution in [-0.2, 0) is 9.59 Å². The molecule has 126 valence electrons. The molecule has 7 heteroatoms. The van der Waals surface area contributed by atoms with Crippen molar-refractivity contribution in [3.05, 3.63) is 24.3 Å². The monoisotopic (exact) mass is 338 g/mol. The highest BCUT2D eigenvalue weighted by molar-refractivity contribution is 5.85. The first-order valence-corrected chi connectivity index (χ1v) is 7.76. The summed E-state index contributed by atoms with van der Waals surface area (Å²) in [6.07, 6.45) is 0. The topological polar surface area (TPSA) is 55.9 Å². The molecule has 0 aliphatic carbocycles. The first kappa shape index (κ1) is 17.4. The number of nitrogens with one attached hydrogen (secondary N) is 1. The molecule has 1 fully saturated rings. The van der Waals surface area contributed by atoms with Crippen molar-refractivity contribution in [2.45, 2.75) is 6.92 Å². The summed E-state index contributed by atoms with van der Waals surface area (Å²) < 4.78 is 0. The van der Waals surface area contributed by atoms with Crippen molar-refractivity contribution in [1.29, 1.82) is 0 Å². The lowest BCUT2D eigenvalue weighted by molar-refractivity contribution is -0.137. The van der Waals surface area contributed by atoms with Crippen LogP contribution >= 0.6 is 12.4 Å². The van der Waals surface area contributed by atoms with Gasteiger partial charge in [0.05, 0.1) is 17.9 Å². The van der Waals surface area contributed by atoms with Crippen molar-refractivity contribution in [3.8, 4) is 0 Å². The van der Waals surface area contributed by atoms with Crippen LogP contribution < -0.4 is 10.2 Å². The molecule has 3 rings (SSSR count). The van der Waals surface area contributed by atoms with E-state index in [4.69, 9.17) is 0 Å². The minimum Gasteiger partial charge on any atom is -0.382 e. The molecule has 2 heterocycles. The number of rotatable bonds is 2. The molecule has 0 spiro atoms. The van der Waals surface area contributed by atoms with Gasteiger partial charge in [0.2, 0.25) is 11.8 Å². The molecular formula is C16H23ClN4O2. The van der Waals surface area contributed by atoms with Gasteiger partial charge in [0.15, 0.2) is 0 Å². The molecule has 6 nitrogen and oxygen atoms in total. The lowest BCUT2D eigenvalue weighted by Crippen LogP contribution is -2.52. The fraction of sp³-hybridized carbons (Fsp3) is 0.500. The van der Waals surface area contributed by atoms with E-state index in [2.05, 4.69) is 10.2 Å². The van der Waals surface area contributed by atoms with Gasteiger partial charge in [-0.05, 0) is 12.1 Å². The van der Waals surface area contributed by atoms with E-state index >= 15 is 0 Å². The maximum Gasteiger partial charge on any atom is 0.242 e. The quantitative estimate of drug-likeness (QED) is 0.875. The summed E-state index contributed by atoms with van der Waals surface area (Å²) in [7, 11) is 0. The van der Waals surface area contributed by atoms with Gasteiger partial charge in [-0.15, -0.1) is 12.4 Å². The van der Waals surface area contributed by atoms with Crippen LogP contribution in [0.3, 0.4) is 0 Å². The van der Waals surface area contributed by atoms with E-state index in [1.54, 1.807) is 11.8 Å². The highest BCUT2D eigenvalue weighted by Crippen LogP contribution is 2.28. The number of carbonyl (C=O) groups is 2. The van der Waals surface area contributed by atoms with Gasteiger partial charge in [0.1, 0.15) is 0 Å². The number of hydrogen-bond acceptors (Lipinski definition) is 4. The lowest BCUT2D eigenvalue weighted by Gasteiger charge is -2.37. The number of anilines is 2. The van der Waals surface area contributed by atoms with Crippen LogP contribution in [0.1, 0.15) is 6.92 Å². The maximum atomic E-state index is 12.5. The second-order valence-corrected chi connectivity index (χ2v) is 5.75. The average Bonchev–Trinajstić information content (AvgIpc) is 2.55. The average molecular weight is 339 g/mol. The molecule has 0 radical (unpaired) electrons. The number of benzene rings is 1. The lowest BCUT2D eigenvalue weighted by atomic mass is 10.2. The molecule has 0 saturated carbocycles. The van der Waals surface area contributed by atoms with Gasteiger partial charge in [0, 0.05) is 46.2 Å². The van der Waals surface area contributed by atoms with Gasteiger partial charge < -0.3 is 20.0 Å². The van der Waals surface area contributed by atoms with E-state index in [1.807, 2.05) is 29.2 Å². The number of piperazine rings is 1. The summed E-state index contributed by atoms with van der Waals surface area (Å²) in [5.41, 5.74) is 2.17. The molecule has 0 atom stereocenters. The molecule has 2 amide bonds. The second kappa shape index (κ2) is 7.55. The van der Waals surface area contributed by atoms with Crippen molar-refractivity contribution in [3.63, 3.8) is 0 Å². The van der Waals surface area contributed by atoms with Crippen LogP contribution in [0.4, 0.5) is 11.4 Å². The third-order valence-corrected chi connectivity index (χ3v) is 4.35. The minimum absolute atomic E-state index is 0. The number of hydrogen-bond donors (Lipinski definition) is 1. The molecule has 2 aliphatic heterocycles. The fourth-order valence-corrected chi connectivity index (χ4v) is 3.04. The molecule has 23 heavy (non-hydrogen) atoms. The SMILES string of the molecule is CC(=O)N1CCN(C(=O)CN2CCNc3ccccc32)CC1.Cl. The highest BCUT2D eigenvalue weighted by Gasteiger charge is 2.25. The number of halogens is 1. The molecule has 1 saturated heterocycles. The van der Waals surface area contributed by atoms with Crippen molar-refractivity contribution in [2.75, 3.05) is 56.0 Å². The van der Waals surface area contributed by atoms with Gasteiger partial charge in [0.25, 0.3) is 0 Å². The summed E-state index contributed by atoms with van der Waals surface area (Å²) in [6.45, 7) is 6.20. The standard InChI is InChI=1S/C16H22N4O2.ClH/c1-13(21)18-8-10-19(11-9-18)16(22)12-20-7-6-17-14-4-2-3-5-15(14)20;/h2-5,17H,6-12H2,1H3;1H. The normalized spacial score (nSPS) is 17.0. The first-order valence-electron chi connectivity index (χ1n) is 7.76. The molecule has 1 N–H and O–H groups in total. The van der Waals surface area contributed by atoms with Gasteiger partial charge in [-0.25, -0.2) is 0 Å². The number of fused-ring (bicyclic) bond motifs is 1. The number of carbonyl (C=O) groups excluding carboxylic acids is 2. The molecule has 0 aromatic heterocycles. The summed E-state index contributed by atoms with van der Waals surface area (Å²) in [6, 6.07) is 8.08. The summed E-state index contributed by atoms with van der Waals surface area (Å²) in [5, 5.41) is 3.35. The molecule has 1 aromatic rings.